The molecule has 0 aliphatic carbocycles. The molecule has 9 aromatic rings. The van der Waals surface area contributed by atoms with Crippen molar-refractivity contribution in [1.29, 1.82) is 0 Å². The number of aliphatic carboxylic acids is 1. The summed E-state index contributed by atoms with van der Waals surface area (Å²) in [5, 5.41) is 26.5. The van der Waals surface area contributed by atoms with Gasteiger partial charge in [0.2, 0.25) is 11.8 Å². The van der Waals surface area contributed by atoms with E-state index in [4.69, 9.17) is 19.7 Å². The van der Waals surface area contributed by atoms with Gasteiger partial charge in [0.15, 0.2) is 40.1 Å². The number of carbonyl (C=O) groups is 3. The van der Waals surface area contributed by atoms with Crippen LogP contribution in [0, 0.1) is 0 Å². The van der Waals surface area contributed by atoms with E-state index >= 15 is 0 Å². The number of halogens is 6. The van der Waals surface area contributed by atoms with Crippen molar-refractivity contribution in [2.45, 2.75) is 45.6 Å². The quantitative estimate of drug-likeness (QED) is 0.0503. The van der Waals surface area contributed by atoms with Crippen molar-refractivity contribution in [1.82, 2.24) is 59.4 Å². The van der Waals surface area contributed by atoms with Gasteiger partial charge in [-0.2, -0.15) is 26.3 Å². The Bertz CT molecular complexity index is 3500. The number of methoxy groups -OCH3 is 1. The molecule has 0 atom stereocenters. The third-order valence-electron chi connectivity index (χ3n) is 10.2. The number of aliphatic hydroxyl groups excluding tert-OH is 1. The van der Waals surface area contributed by atoms with Crippen molar-refractivity contribution in [2.75, 3.05) is 35.0 Å². The lowest BCUT2D eigenvalue weighted by Gasteiger charge is -2.12. The van der Waals surface area contributed by atoms with Gasteiger partial charge in [0, 0.05) is 48.7 Å². The number of imidazole rings is 2. The topological polar surface area (TPSA) is 299 Å². The molecule has 392 valence electrons. The number of carboxylic acid groups (broad SMARTS) is 1. The molecule has 0 radical (unpaired) electrons. The zero-order valence-corrected chi connectivity index (χ0v) is 39.9. The van der Waals surface area contributed by atoms with Gasteiger partial charge in [-0.15, -0.1) is 0 Å². The number of carboxylic acids is 1. The van der Waals surface area contributed by atoms with Crippen LogP contribution in [-0.4, -0.2) is 101 Å². The summed E-state index contributed by atoms with van der Waals surface area (Å²) in [7, 11) is 1.58. The lowest BCUT2D eigenvalue weighted by atomic mass is 10.2. The summed E-state index contributed by atoms with van der Waals surface area (Å²) in [6.07, 6.45) is -2.67. The summed E-state index contributed by atoms with van der Waals surface area (Å²) in [5.41, 5.74) is 1.26. The molecule has 28 heteroatoms. The fourth-order valence-corrected chi connectivity index (χ4v) is 6.55. The number of amides is 2. The standard InChI is InChI=1S/C27H23F3N8O2.C19H15F3N8O.C2H4O3/c1-3-22(39)35-21-13-17(11-12-31-21)33-25-23-26(38(15-32-23)14-16-7-9-18(40-2)10-8-16)37-24(36-25)19-5-4-6-20(34-19)27(28,29)30;1-2-14(31)28-13-8-10(6-7-23-13)26-18-15-17(25-9-24-15)29-16(30-18)11-4-3-5-12(27-11)19(20,21)22;3-1-2(4)5/h4-13,15H,3,14H2,1-2H3,(H2,31,33,35,36,37,39);3-9H,2H2,1H3,(H3,23,24,25,26,28,29,30,31);3H,1H2,(H,4,5). The molecule has 1 aromatic carbocycles. The predicted molar refractivity (Wildman–Crippen MR) is 263 cm³/mol. The van der Waals surface area contributed by atoms with Gasteiger partial charge in [0.25, 0.3) is 0 Å². The summed E-state index contributed by atoms with van der Waals surface area (Å²) in [4.78, 5) is 77.2. The average Bonchev–Trinajstić information content (AvgIpc) is 4.07. The Morgan fingerprint density at radius 3 is 1.71 bits per heavy atom. The normalized spacial score (nSPS) is 11.2. The van der Waals surface area contributed by atoms with Crippen LogP contribution in [0.25, 0.3) is 45.4 Å². The van der Waals surface area contributed by atoms with E-state index in [1.54, 1.807) is 56.1 Å². The van der Waals surface area contributed by atoms with Gasteiger partial charge in [-0.1, -0.05) is 38.1 Å². The first-order chi connectivity index (χ1) is 36.3. The fraction of sp³-hybridized carbons (Fsp3) is 0.188. The number of anilines is 6. The van der Waals surface area contributed by atoms with Gasteiger partial charge >= 0.3 is 18.3 Å². The number of rotatable bonds is 14. The van der Waals surface area contributed by atoms with Crippen molar-refractivity contribution < 1.29 is 55.7 Å². The maximum absolute atomic E-state index is 13.4. The molecule has 2 amide bonds. The number of ether oxygens (including phenoxy) is 1. The number of H-pyrrole nitrogens is 1. The first kappa shape index (κ1) is 54.1. The Kier molecular flexibility index (Phi) is 17.0. The highest BCUT2D eigenvalue weighted by atomic mass is 19.4. The maximum atomic E-state index is 13.4. The highest BCUT2D eigenvalue weighted by molar-refractivity contribution is 5.92. The first-order valence-electron chi connectivity index (χ1n) is 22.4. The average molecular weight is 1050 g/mol. The van der Waals surface area contributed by atoms with E-state index in [-0.39, 0.29) is 58.6 Å². The Labute approximate surface area is 425 Å². The molecule has 76 heavy (non-hydrogen) atoms. The lowest BCUT2D eigenvalue weighted by molar-refractivity contribution is -0.141. The molecule has 0 aliphatic heterocycles. The van der Waals surface area contributed by atoms with Crippen molar-refractivity contribution >= 4 is 74.8 Å². The van der Waals surface area contributed by atoms with Crippen molar-refractivity contribution in [3.05, 3.63) is 127 Å². The monoisotopic (exact) mass is 1050 g/mol. The number of aliphatic hydroxyl groups is 1. The van der Waals surface area contributed by atoms with Crippen LogP contribution in [0.1, 0.15) is 43.6 Å². The zero-order valence-electron chi connectivity index (χ0n) is 39.9. The SMILES string of the molecule is CCC(=O)Nc1cc(Nc2nc(-c3cccc(C(F)(F)F)n3)nc3c2ncn3Cc2ccc(OC)cc2)ccn1.CCC(=O)Nc1cc(Nc2nc(-c3cccc(C(F)(F)F)n3)nc3nc[nH]c23)ccn1.O=C(O)CO. The Balaban J connectivity index is 0.000000208. The Hall–Kier alpha value is -9.73. The smallest absolute Gasteiger partial charge is 0.433 e. The second kappa shape index (κ2) is 23.9. The first-order valence-corrected chi connectivity index (χ1v) is 22.4. The van der Waals surface area contributed by atoms with Crippen molar-refractivity contribution in [3.63, 3.8) is 0 Å². The largest absolute Gasteiger partial charge is 0.497 e. The maximum Gasteiger partial charge on any atom is 0.433 e. The zero-order chi connectivity index (χ0) is 54.6. The second-order valence-corrected chi connectivity index (χ2v) is 15.6. The summed E-state index contributed by atoms with van der Waals surface area (Å²) in [6, 6.07) is 21.0. The minimum absolute atomic E-state index is 0.0221. The minimum Gasteiger partial charge on any atom is -0.497 e. The van der Waals surface area contributed by atoms with Crippen LogP contribution in [0.4, 0.5) is 61.0 Å². The molecule has 0 saturated heterocycles. The van der Waals surface area contributed by atoms with E-state index in [1.165, 1.54) is 43.0 Å². The van der Waals surface area contributed by atoms with E-state index in [2.05, 4.69) is 76.1 Å². The van der Waals surface area contributed by atoms with E-state index in [9.17, 15) is 35.9 Å². The van der Waals surface area contributed by atoms with E-state index in [1.807, 2.05) is 24.3 Å². The molecule has 7 N–H and O–H groups in total. The number of fused-ring (bicyclic) bond motifs is 2. The number of aromatic nitrogens is 12. The van der Waals surface area contributed by atoms with E-state index in [0.29, 0.717) is 58.4 Å². The number of hydrogen-bond acceptors (Lipinski definition) is 17. The van der Waals surface area contributed by atoms with Gasteiger partial charge < -0.3 is 45.8 Å². The molecule has 0 saturated carbocycles. The summed E-state index contributed by atoms with van der Waals surface area (Å²) in [5.74, 6) is 0.251. The van der Waals surface area contributed by atoms with Crippen LogP contribution in [0.2, 0.25) is 0 Å². The van der Waals surface area contributed by atoms with Gasteiger partial charge in [-0.05, 0) is 54.1 Å². The highest BCUT2D eigenvalue weighted by Crippen LogP contribution is 2.33. The van der Waals surface area contributed by atoms with Gasteiger partial charge in [0.1, 0.15) is 52.3 Å². The van der Waals surface area contributed by atoms with Crippen LogP contribution in [0.5, 0.6) is 5.75 Å². The van der Waals surface area contributed by atoms with Crippen LogP contribution < -0.4 is 26.0 Å². The molecule has 8 heterocycles. The molecule has 0 aliphatic rings. The third kappa shape index (κ3) is 14.1. The minimum atomic E-state index is -4.63. The highest BCUT2D eigenvalue weighted by Gasteiger charge is 2.34. The van der Waals surface area contributed by atoms with E-state index < -0.39 is 36.3 Å². The third-order valence-corrected chi connectivity index (χ3v) is 10.2. The Morgan fingerprint density at radius 2 is 1.20 bits per heavy atom. The number of carbonyl (C=O) groups excluding carboxylic acids is 2. The lowest BCUT2D eigenvalue weighted by Crippen LogP contribution is -2.11. The second-order valence-electron chi connectivity index (χ2n) is 15.6. The summed E-state index contributed by atoms with van der Waals surface area (Å²) in [6.45, 7) is 3.05. The Morgan fingerprint density at radius 1 is 0.671 bits per heavy atom. The fourth-order valence-electron chi connectivity index (χ4n) is 6.55. The number of pyridine rings is 4. The number of hydrogen-bond donors (Lipinski definition) is 7. The number of alkyl halides is 6. The van der Waals surface area contributed by atoms with Gasteiger partial charge in [-0.3, -0.25) is 9.59 Å². The molecular formula is C48H42F6N16O6. The molecule has 22 nitrogen and oxygen atoms in total. The van der Waals surface area contributed by atoms with Crippen LogP contribution >= 0.6 is 0 Å². The summed E-state index contributed by atoms with van der Waals surface area (Å²) >= 11 is 0. The van der Waals surface area contributed by atoms with Crippen LogP contribution in [0.3, 0.4) is 0 Å². The molecule has 0 spiro atoms. The molecule has 9 rings (SSSR count). The van der Waals surface area contributed by atoms with Crippen molar-refractivity contribution in [3.8, 4) is 28.8 Å². The number of aromatic amines is 1. The summed E-state index contributed by atoms with van der Waals surface area (Å²) < 4.78 is 86.3. The van der Waals surface area contributed by atoms with Crippen molar-refractivity contribution in [2.24, 2.45) is 0 Å². The van der Waals surface area contributed by atoms with E-state index in [0.717, 1.165) is 17.7 Å². The molecule has 0 fully saturated rings. The molecular weight excluding hydrogens is 1010 g/mol. The van der Waals surface area contributed by atoms with Crippen LogP contribution in [0.15, 0.2) is 110 Å². The van der Waals surface area contributed by atoms with Gasteiger partial charge in [-0.25, -0.2) is 54.6 Å². The number of nitrogens with one attached hydrogen (secondary N) is 5. The molecule has 0 bridgehead atoms. The number of nitrogens with zero attached hydrogens (tertiary/aromatic N) is 11. The number of benzene rings is 1. The van der Waals surface area contributed by atoms with Gasteiger partial charge in [0.05, 0.1) is 26.3 Å². The predicted octanol–water partition coefficient (Wildman–Crippen LogP) is 8.44. The molecule has 0 unspecified atom stereocenters. The van der Waals surface area contributed by atoms with Crippen LogP contribution in [-0.2, 0) is 33.3 Å². The molecule has 8 aromatic heterocycles.